The molecule has 1 amide bonds. The number of hydrogen-bond acceptors (Lipinski definition) is 3. The van der Waals surface area contributed by atoms with E-state index in [-0.39, 0.29) is 17.4 Å². The van der Waals surface area contributed by atoms with E-state index in [1.807, 2.05) is 20.8 Å². The molecular formula is C11H22N2O2. The summed E-state index contributed by atoms with van der Waals surface area (Å²) in [4.78, 5) is 13.7. The first kappa shape index (κ1) is 12.5. The normalized spacial score (nSPS) is 25.1. The fraction of sp³-hybridized carbons (Fsp3) is 0.909. The van der Waals surface area contributed by atoms with E-state index in [9.17, 15) is 9.90 Å². The number of likely N-dealkylation sites (tertiary alicyclic amines) is 1. The molecule has 1 heterocycles. The number of nitrogens with zero attached hydrogens (tertiary/aromatic N) is 1. The highest BCUT2D eigenvalue weighted by molar-refractivity contribution is 5.82. The Bertz CT molecular complexity index is 235. The summed E-state index contributed by atoms with van der Waals surface area (Å²) in [7, 11) is 0. The summed E-state index contributed by atoms with van der Waals surface area (Å²) in [5.74, 6) is -0.0405. The van der Waals surface area contributed by atoms with Crippen LogP contribution in [0.25, 0.3) is 0 Å². The fourth-order valence-electron chi connectivity index (χ4n) is 1.72. The molecule has 0 unspecified atom stereocenters. The first-order valence-electron chi connectivity index (χ1n) is 5.55. The van der Waals surface area contributed by atoms with Gasteiger partial charge in [0.25, 0.3) is 0 Å². The van der Waals surface area contributed by atoms with Gasteiger partial charge in [-0.05, 0) is 18.3 Å². The van der Waals surface area contributed by atoms with Crippen molar-refractivity contribution in [3.05, 3.63) is 0 Å². The molecule has 4 heteroatoms. The van der Waals surface area contributed by atoms with Crippen LogP contribution in [-0.4, -0.2) is 41.1 Å². The lowest BCUT2D eigenvalue weighted by atomic mass is 9.86. The highest BCUT2D eigenvalue weighted by atomic mass is 16.3. The maximum absolute atomic E-state index is 12.0. The lowest BCUT2D eigenvalue weighted by Gasteiger charge is -2.35. The minimum atomic E-state index is -0.484. The second kappa shape index (κ2) is 4.49. The quantitative estimate of drug-likeness (QED) is 0.661. The molecule has 15 heavy (non-hydrogen) atoms. The molecule has 0 aromatic heterocycles. The van der Waals surface area contributed by atoms with Crippen molar-refractivity contribution in [2.24, 2.45) is 11.1 Å². The molecule has 0 aliphatic carbocycles. The molecule has 1 aliphatic rings. The van der Waals surface area contributed by atoms with Gasteiger partial charge in [-0.3, -0.25) is 4.79 Å². The molecule has 88 valence electrons. The summed E-state index contributed by atoms with van der Waals surface area (Å²) in [5.41, 5.74) is 5.67. The van der Waals surface area contributed by atoms with Crippen molar-refractivity contribution >= 4 is 5.91 Å². The maximum Gasteiger partial charge on any atom is 0.240 e. The fourth-order valence-corrected chi connectivity index (χ4v) is 1.72. The number of aliphatic hydroxyl groups excluding tert-OH is 1. The molecule has 2 atom stereocenters. The molecule has 1 saturated heterocycles. The third-order valence-electron chi connectivity index (χ3n) is 2.91. The van der Waals surface area contributed by atoms with Crippen LogP contribution in [0.1, 0.15) is 33.6 Å². The van der Waals surface area contributed by atoms with E-state index in [0.717, 1.165) is 19.4 Å². The van der Waals surface area contributed by atoms with Crippen LogP contribution in [0, 0.1) is 5.41 Å². The number of piperidine rings is 1. The van der Waals surface area contributed by atoms with E-state index >= 15 is 0 Å². The monoisotopic (exact) mass is 214 g/mol. The van der Waals surface area contributed by atoms with Gasteiger partial charge in [-0.15, -0.1) is 0 Å². The van der Waals surface area contributed by atoms with Crippen LogP contribution in [0.3, 0.4) is 0 Å². The molecule has 1 fully saturated rings. The van der Waals surface area contributed by atoms with E-state index in [0.29, 0.717) is 6.54 Å². The second-order valence-corrected chi connectivity index (χ2v) is 5.42. The Labute approximate surface area is 91.4 Å². The molecule has 0 bridgehead atoms. The van der Waals surface area contributed by atoms with Crippen molar-refractivity contribution in [2.45, 2.75) is 45.8 Å². The van der Waals surface area contributed by atoms with Crippen molar-refractivity contribution < 1.29 is 9.90 Å². The number of nitrogens with two attached hydrogens (primary N) is 1. The topological polar surface area (TPSA) is 66.6 Å². The zero-order chi connectivity index (χ0) is 11.6. The van der Waals surface area contributed by atoms with E-state index in [4.69, 9.17) is 5.73 Å². The van der Waals surface area contributed by atoms with Crippen molar-refractivity contribution in [3.63, 3.8) is 0 Å². The molecular weight excluding hydrogens is 192 g/mol. The van der Waals surface area contributed by atoms with E-state index in [2.05, 4.69) is 0 Å². The third-order valence-corrected chi connectivity index (χ3v) is 2.91. The number of aliphatic hydroxyl groups is 1. The summed E-state index contributed by atoms with van der Waals surface area (Å²) in [6.07, 6.45) is 1.27. The van der Waals surface area contributed by atoms with Crippen LogP contribution in [0.5, 0.6) is 0 Å². The van der Waals surface area contributed by atoms with Gasteiger partial charge in [-0.1, -0.05) is 20.8 Å². The largest absolute Gasteiger partial charge is 0.391 e. The van der Waals surface area contributed by atoms with Gasteiger partial charge in [-0.25, -0.2) is 0 Å². The van der Waals surface area contributed by atoms with Gasteiger partial charge >= 0.3 is 0 Å². The minimum absolute atomic E-state index is 0.0405. The number of carbonyl (C=O) groups excluding carboxylic acids is 1. The number of hydrogen-bond donors (Lipinski definition) is 2. The lowest BCUT2D eigenvalue weighted by Crippen LogP contribution is -2.53. The predicted octanol–water partition coefficient (Wildman–Crippen LogP) is 0.343. The summed E-state index contributed by atoms with van der Waals surface area (Å²) in [6, 6.07) is -0.484. The van der Waals surface area contributed by atoms with E-state index in [1.165, 1.54) is 0 Å². The first-order chi connectivity index (χ1) is 6.82. The number of amides is 1. The predicted molar refractivity (Wildman–Crippen MR) is 59.3 cm³/mol. The zero-order valence-electron chi connectivity index (χ0n) is 9.86. The van der Waals surface area contributed by atoms with Crippen LogP contribution in [0.15, 0.2) is 0 Å². The van der Waals surface area contributed by atoms with Gasteiger partial charge in [0, 0.05) is 13.1 Å². The van der Waals surface area contributed by atoms with E-state index < -0.39 is 6.04 Å². The van der Waals surface area contributed by atoms with Crippen LogP contribution in [0.4, 0.5) is 0 Å². The Kier molecular flexibility index (Phi) is 3.73. The Morgan fingerprint density at radius 2 is 2.13 bits per heavy atom. The summed E-state index contributed by atoms with van der Waals surface area (Å²) in [5, 5.41) is 9.48. The summed E-state index contributed by atoms with van der Waals surface area (Å²) < 4.78 is 0. The Morgan fingerprint density at radius 1 is 1.53 bits per heavy atom. The second-order valence-electron chi connectivity index (χ2n) is 5.42. The lowest BCUT2D eigenvalue weighted by molar-refractivity contribution is -0.138. The van der Waals surface area contributed by atoms with Crippen molar-refractivity contribution in [1.29, 1.82) is 0 Å². The average Bonchev–Trinajstić information content (AvgIpc) is 2.14. The highest BCUT2D eigenvalue weighted by Gasteiger charge is 2.32. The number of β-amino-alcohol motifs (C(OH)–C–C–N with tert-alkyl or cyclic N) is 1. The molecule has 1 rings (SSSR count). The van der Waals surface area contributed by atoms with Crippen LogP contribution in [-0.2, 0) is 4.79 Å². The molecule has 0 spiro atoms. The van der Waals surface area contributed by atoms with Crippen LogP contribution >= 0.6 is 0 Å². The van der Waals surface area contributed by atoms with E-state index in [1.54, 1.807) is 4.90 Å². The molecule has 0 aromatic carbocycles. The van der Waals surface area contributed by atoms with Gasteiger partial charge in [0.05, 0.1) is 12.1 Å². The Morgan fingerprint density at radius 3 is 2.60 bits per heavy atom. The van der Waals surface area contributed by atoms with Crippen LogP contribution < -0.4 is 5.73 Å². The molecule has 4 nitrogen and oxygen atoms in total. The zero-order valence-corrected chi connectivity index (χ0v) is 9.86. The first-order valence-corrected chi connectivity index (χ1v) is 5.55. The van der Waals surface area contributed by atoms with Crippen molar-refractivity contribution in [2.75, 3.05) is 13.1 Å². The SMILES string of the molecule is CC(C)(C)[C@@H](N)C(=O)N1CCC[C@H](O)C1. The minimum Gasteiger partial charge on any atom is -0.391 e. The van der Waals surface area contributed by atoms with Gasteiger partial charge in [0.1, 0.15) is 0 Å². The Balaban J connectivity index is 2.60. The van der Waals surface area contributed by atoms with Crippen molar-refractivity contribution in [3.8, 4) is 0 Å². The summed E-state index contributed by atoms with van der Waals surface area (Å²) in [6.45, 7) is 7.02. The van der Waals surface area contributed by atoms with Crippen molar-refractivity contribution in [1.82, 2.24) is 4.90 Å². The molecule has 0 aromatic rings. The number of rotatable bonds is 1. The van der Waals surface area contributed by atoms with Gasteiger partial charge in [0.2, 0.25) is 5.91 Å². The van der Waals surface area contributed by atoms with Gasteiger partial charge in [-0.2, -0.15) is 0 Å². The summed E-state index contributed by atoms with van der Waals surface area (Å²) >= 11 is 0. The van der Waals surface area contributed by atoms with Gasteiger partial charge < -0.3 is 15.7 Å². The molecule has 0 saturated carbocycles. The number of carbonyl (C=O) groups is 1. The standard InChI is InChI=1S/C11H22N2O2/c1-11(2,3)9(12)10(15)13-6-4-5-8(14)7-13/h8-9,14H,4-7,12H2,1-3H3/t8-,9-/m0/s1. The van der Waals surface area contributed by atoms with Crippen LogP contribution in [0.2, 0.25) is 0 Å². The maximum atomic E-state index is 12.0. The Hall–Kier alpha value is -0.610. The van der Waals surface area contributed by atoms with Gasteiger partial charge in [0.15, 0.2) is 0 Å². The molecule has 3 N–H and O–H groups in total. The molecule has 0 radical (unpaired) electrons. The molecule has 1 aliphatic heterocycles. The highest BCUT2D eigenvalue weighted by Crippen LogP contribution is 2.20. The average molecular weight is 214 g/mol. The smallest absolute Gasteiger partial charge is 0.240 e. The third kappa shape index (κ3) is 3.18.